The van der Waals surface area contributed by atoms with Crippen LogP contribution in [0.15, 0.2) is 0 Å². The molecule has 0 aromatic rings. The highest BCUT2D eigenvalue weighted by Crippen LogP contribution is 2.44. The molecule has 1 aliphatic heterocycles. The minimum Gasteiger partial charge on any atom is -0.331 e. The van der Waals surface area contributed by atoms with E-state index in [-0.39, 0.29) is 11.6 Å². The number of carbonyl (C=O) groups is 1. The Labute approximate surface area is 123 Å². The first-order chi connectivity index (χ1) is 9.45. The van der Waals surface area contributed by atoms with Crippen LogP contribution in [0.5, 0.6) is 0 Å². The average molecular weight is 281 g/mol. The number of nitrogens with zero attached hydrogens (tertiary/aromatic N) is 2. The van der Waals surface area contributed by atoms with Crippen LogP contribution >= 0.6 is 0 Å². The fraction of sp³-hybridized carbons (Fsp3) is 0.938. The third kappa shape index (κ3) is 3.46. The quantitative estimate of drug-likeness (QED) is 0.788. The Morgan fingerprint density at radius 2 is 1.80 bits per heavy atom. The lowest BCUT2D eigenvalue weighted by molar-refractivity contribution is 0.175. The number of amides is 2. The second-order valence-electron chi connectivity index (χ2n) is 7.18. The van der Waals surface area contributed by atoms with Gasteiger partial charge in [0, 0.05) is 32.7 Å². The van der Waals surface area contributed by atoms with E-state index in [0.717, 1.165) is 25.9 Å². The van der Waals surface area contributed by atoms with Crippen molar-refractivity contribution in [2.24, 2.45) is 17.6 Å². The predicted molar refractivity (Wildman–Crippen MR) is 82.5 cm³/mol. The van der Waals surface area contributed by atoms with Crippen molar-refractivity contribution in [1.82, 2.24) is 9.80 Å². The molecule has 1 saturated heterocycles. The summed E-state index contributed by atoms with van der Waals surface area (Å²) in [5.74, 6) is 1.27. The SMILES string of the molecule is CCCCCCC1(N)C[C@H]2CN(C(=O)N(C)C)C[C@H]2C1. The molecule has 0 bridgehead atoms. The number of hydrogen-bond acceptors (Lipinski definition) is 2. The molecular formula is C16H31N3O. The number of urea groups is 1. The van der Waals surface area contributed by atoms with E-state index in [2.05, 4.69) is 6.92 Å². The van der Waals surface area contributed by atoms with Gasteiger partial charge >= 0.3 is 6.03 Å². The number of unbranched alkanes of at least 4 members (excludes halogenated alkanes) is 3. The summed E-state index contributed by atoms with van der Waals surface area (Å²) in [6.45, 7) is 4.07. The molecule has 2 aliphatic rings. The van der Waals surface area contributed by atoms with E-state index in [0.29, 0.717) is 11.8 Å². The van der Waals surface area contributed by atoms with Gasteiger partial charge in [-0.05, 0) is 31.1 Å². The third-order valence-corrected chi connectivity index (χ3v) is 5.10. The number of hydrogen-bond donors (Lipinski definition) is 1. The monoisotopic (exact) mass is 281 g/mol. The first kappa shape index (κ1) is 15.6. The maximum absolute atomic E-state index is 12.0. The molecule has 2 fully saturated rings. The number of likely N-dealkylation sites (tertiary alicyclic amines) is 1. The Balaban J connectivity index is 1.79. The normalized spacial score (nSPS) is 32.5. The summed E-state index contributed by atoms with van der Waals surface area (Å²) in [7, 11) is 3.66. The van der Waals surface area contributed by atoms with Crippen molar-refractivity contribution < 1.29 is 4.79 Å². The van der Waals surface area contributed by atoms with Gasteiger partial charge in [0.05, 0.1) is 0 Å². The van der Waals surface area contributed by atoms with Crippen LogP contribution in [0, 0.1) is 11.8 Å². The third-order valence-electron chi connectivity index (χ3n) is 5.10. The Morgan fingerprint density at radius 3 is 2.30 bits per heavy atom. The molecule has 3 atom stereocenters. The van der Waals surface area contributed by atoms with Crippen molar-refractivity contribution in [2.75, 3.05) is 27.2 Å². The molecule has 20 heavy (non-hydrogen) atoms. The minimum atomic E-state index is 0.0519. The van der Waals surface area contributed by atoms with Crippen molar-refractivity contribution in [2.45, 2.75) is 57.4 Å². The maximum Gasteiger partial charge on any atom is 0.319 e. The summed E-state index contributed by atoms with van der Waals surface area (Å²) in [6, 6.07) is 0.157. The van der Waals surface area contributed by atoms with Crippen LogP contribution in [0.2, 0.25) is 0 Å². The number of nitrogens with two attached hydrogens (primary N) is 1. The Hall–Kier alpha value is -0.770. The summed E-state index contributed by atoms with van der Waals surface area (Å²) < 4.78 is 0. The highest BCUT2D eigenvalue weighted by molar-refractivity contribution is 5.74. The fourth-order valence-electron chi connectivity index (χ4n) is 4.08. The van der Waals surface area contributed by atoms with Crippen molar-refractivity contribution >= 4 is 6.03 Å². The zero-order valence-electron chi connectivity index (χ0n) is 13.4. The molecule has 4 nitrogen and oxygen atoms in total. The Morgan fingerprint density at radius 1 is 1.20 bits per heavy atom. The molecule has 2 rings (SSSR count). The van der Waals surface area contributed by atoms with E-state index in [1.54, 1.807) is 4.90 Å². The van der Waals surface area contributed by atoms with Crippen LogP contribution < -0.4 is 5.73 Å². The topological polar surface area (TPSA) is 49.6 Å². The number of fused-ring (bicyclic) bond motifs is 1. The van der Waals surface area contributed by atoms with Gasteiger partial charge in [-0.3, -0.25) is 0 Å². The largest absolute Gasteiger partial charge is 0.331 e. The van der Waals surface area contributed by atoms with E-state index in [9.17, 15) is 4.79 Å². The lowest BCUT2D eigenvalue weighted by Crippen LogP contribution is -2.42. The highest BCUT2D eigenvalue weighted by Gasteiger charge is 2.47. The molecule has 4 heteroatoms. The van der Waals surface area contributed by atoms with Crippen molar-refractivity contribution in [3.63, 3.8) is 0 Å². The molecule has 0 spiro atoms. The number of carbonyl (C=O) groups excluding carboxylic acids is 1. The number of rotatable bonds is 5. The summed E-state index contributed by atoms with van der Waals surface area (Å²) >= 11 is 0. The van der Waals surface area contributed by atoms with Gasteiger partial charge in [-0.1, -0.05) is 32.6 Å². The molecule has 116 valence electrons. The molecule has 1 heterocycles. The van der Waals surface area contributed by atoms with E-state index < -0.39 is 0 Å². The van der Waals surface area contributed by atoms with Crippen LogP contribution in [0.1, 0.15) is 51.9 Å². The second-order valence-corrected chi connectivity index (χ2v) is 7.18. The van der Waals surface area contributed by atoms with Crippen LogP contribution in [0.25, 0.3) is 0 Å². The lowest BCUT2D eigenvalue weighted by Gasteiger charge is -2.28. The first-order valence-electron chi connectivity index (χ1n) is 8.20. The molecule has 0 aromatic carbocycles. The molecule has 1 saturated carbocycles. The predicted octanol–water partition coefficient (Wildman–Crippen LogP) is 2.68. The van der Waals surface area contributed by atoms with Gasteiger partial charge in [-0.2, -0.15) is 0 Å². The van der Waals surface area contributed by atoms with Gasteiger partial charge in [0.15, 0.2) is 0 Å². The molecular weight excluding hydrogens is 250 g/mol. The van der Waals surface area contributed by atoms with E-state index >= 15 is 0 Å². The smallest absolute Gasteiger partial charge is 0.319 e. The molecule has 0 radical (unpaired) electrons. The lowest BCUT2D eigenvalue weighted by atomic mass is 9.90. The standard InChI is InChI=1S/C16H31N3O/c1-4-5-6-7-8-16(17)9-13-11-19(12-14(13)10-16)15(20)18(2)3/h13-14H,4-12,17H2,1-3H3/t13-,14+,16?. The molecule has 1 aliphatic carbocycles. The van der Waals surface area contributed by atoms with Crippen molar-refractivity contribution in [3.8, 4) is 0 Å². The fourth-order valence-corrected chi connectivity index (χ4v) is 4.08. The van der Waals surface area contributed by atoms with Crippen molar-refractivity contribution in [3.05, 3.63) is 0 Å². The molecule has 1 unspecified atom stereocenters. The summed E-state index contributed by atoms with van der Waals surface area (Å²) in [5, 5.41) is 0. The van der Waals surface area contributed by atoms with Crippen LogP contribution in [-0.4, -0.2) is 48.6 Å². The highest BCUT2D eigenvalue weighted by atomic mass is 16.2. The van der Waals surface area contributed by atoms with Gasteiger partial charge < -0.3 is 15.5 Å². The summed E-state index contributed by atoms with van der Waals surface area (Å²) in [6.07, 6.45) is 8.59. The Bertz CT molecular complexity index is 329. The van der Waals surface area contributed by atoms with Gasteiger partial charge in [0.2, 0.25) is 0 Å². The Kier molecular flexibility index (Phi) is 4.95. The van der Waals surface area contributed by atoms with Crippen molar-refractivity contribution in [1.29, 1.82) is 0 Å². The van der Waals surface area contributed by atoms with Gasteiger partial charge in [-0.15, -0.1) is 0 Å². The van der Waals surface area contributed by atoms with Gasteiger partial charge in [0.1, 0.15) is 0 Å². The van der Waals surface area contributed by atoms with E-state index in [1.165, 1.54) is 32.1 Å². The molecule has 2 N–H and O–H groups in total. The average Bonchev–Trinajstić information content (AvgIpc) is 2.88. The van der Waals surface area contributed by atoms with Gasteiger partial charge in [0.25, 0.3) is 0 Å². The maximum atomic E-state index is 12.0. The van der Waals surface area contributed by atoms with Crippen LogP contribution in [0.4, 0.5) is 4.79 Å². The second kappa shape index (κ2) is 6.33. The zero-order valence-corrected chi connectivity index (χ0v) is 13.4. The van der Waals surface area contributed by atoms with E-state index in [1.807, 2.05) is 19.0 Å². The summed E-state index contributed by atoms with van der Waals surface area (Å²) in [5.41, 5.74) is 6.65. The minimum absolute atomic E-state index is 0.0519. The zero-order chi connectivity index (χ0) is 14.8. The molecule has 2 amide bonds. The first-order valence-corrected chi connectivity index (χ1v) is 8.20. The van der Waals surface area contributed by atoms with E-state index in [4.69, 9.17) is 5.73 Å². The molecule has 0 aromatic heterocycles. The van der Waals surface area contributed by atoms with Crippen LogP contribution in [-0.2, 0) is 0 Å². The van der Waals surface area contributed by atoms with Gasteiger partial charge in [-0.25, -0.2) is 4.79 Å². The van der Waals surface area contributed by atoms with Crippen LogP contribution in [0.3, 0.4) is 0 Å². The summed E-state index contributed by atoms with van der Waals surface area (Å²) in [4.78, 5) is 15.7.